The Hall–Kier alpha value is -2.12. The lowest BCUT2D eigenvalue weighted by Crippen LogP contribution is -2.48. The van der Waals surface area contributed by atoms with Crippen LogP contribution in [0.4, 0.5) is 0 Å². The zero-order chi connectivity index (χ0) is 15.3. The molecule has 0 aliphatic rings. The first-order chi connectivity index (χ1) is 10.1. The van der Waals surface area contributed by atoms with Crippen molar-refractivity contribution in [1.82, 2.24) is 9.97 Å². The molecule has 2 rings (SSSR count). The van der Waals surface area contributed by atoms with Crippen LogP contribution in [-0.2, 0) is 15.1 Å². The van der Waals surface area contributed by atoms with Crippen molar-refractivity contribution in [1.29, 1.82) is 0 Å². The van der Waals surface area contributed by atoms with Gasteiger partial charge < -0.3 is 15.5 Å². The number of benzene rings is 1. The van der Waals surface area contributed by atoms with Gasteiger partial charge in [0, 0.05) is 18.0 Å². The minimum atomic E-state index is -1.31. The molecule has 3 N–H and O–H groups in total. The number of hydrogen-bond donors (Lipinski definition) is 2. The summed E-state index contributed by atoms with van der Waals surface area (Å²) in [5.41, 5.74) is 5.32. The Morgan fingerprint density at radius 3 is 2.71 bits per heavy atom. The van der Waals surface area contributed by atoms with Crippen LogP contribution in [-0.4, -0.2) is 28.8 Å². The molecule has 1 aromatic heterocycles. The molecule has 0 saturated heterocycles. The number of ether oxygens (including phenoxy) is 1. The van der Waals surface area contributed by atoms with E-state index >= 15 is 0 Å². The van der Waals surface area contributed by atoms with Gasteiger partial charge in [-0.3, -0.25) is 4.79 Å². The third kappa shape index (κ3) is 3.50. The van der Waals surface area contributed by atoms with Crippen LogP contribution in [0.5, 0.6) is 0 Å². The average Bonchev–Trinajstić information content (AvgIpc) is 2.52. The number of carbonyl (C=O) groups is 1. The van der Waals surface area contributed by atoms with Gasteiger partial charge in [-0.15, -0.1) is 0 Å². The van der Waals surface area contributed by atoms with Crippen LogP contribution in [0.2, 0.25) is 0 Å². The molecule has 110 valence electrons. The van der Waals surface area contributed by atoms with Crippen LogP contribution >= 0.6 is 11.8 Å². The van der Waals surface area contributed by atoms with Gasteiger partial charge in [0.2, 0.25) is 0 Å². The first-order valence-electron chi connectivity index (χ1n) is 6.17. The third-order valence-corrected chi connectivity index (χ3v) is 4.00. The Morgan fingerprint density at radius 2 is 2.10 bits per heavy atom. The summed E-state index contributed by atoms with van der Waals surface area (Å²) in [6, 6.07) is 10.3. The van der Waals surface area contributed by atoms with Gasteiger partial charge in [0.25, 0.3) is 5.56 Å². The largest absolute Gasteiger partial charge is 0.467 e. The van der Waals surface area contributed by atoms with Gasteiger partial charge in [0.15, 0.2) is 5.16 Å². The van der Waals surface area contributed by atoms with Crippen molar-refractivity contribution < 1.29 is 9.53 Å². The maximum absolute atomic E-state index is 12.1. The van der Waals surface area contributed by atoms with Crippen LogP contribution in [0.1, 0.15) is 5.56 Å². The number of carbonyl (C=O) groups excluding carboxylic acids is 1. The third-order valence-electron chi connectivity index (χ3n) is 2.92. The van der Waals surface area contributed by atoms with Crippen LogP contribution in [0.25, 0.3) is 0 Å². The van der Waals surface area contributed by atoms with E-state index in [1.165, 1.54) is 31.1 Å². The Kier molecular flexibility index (Phi) is 4.77. The molecule has 0 aliphatic carbocycles. The monoisotopic (exact) mass is 305 g/mol. The van der Waals surface area contributed by atoms with Crippen molar-refractivity contribution >= 4 is 17.7 Å². The molecule has 0 amide bonds. The maximum Gasteiger partial charge on any atom is 0.331 e. The molecular weight excluding hydrogens is 290 g/mol. The van der Waals surface area contributed by atoms with Crippen molar-refractivity contribution in [2.75, 3.05) is 12.9 Å². The van der Waals surface area contributed by atoms with Gasteiger partial charge in [-0.1, -0.05) is 42.1 Å². The number of nitrogens with one attached hydrogen (secondary N) is 1. The van der Waals surface area contributed by atoms with E-state index in [1.54, 1.807) is 24.3 Å². The Balaban J connectivity index is 2.25. The SMILES string of the molecule is COC(=O)C(N)(CSc1nccc(=O)[nH]1)c1ccccc1. The molecule has 0 bridgehead atoms. The van der Waals surface area contributed by atoms with Crippen LogP contribution < -0.4 is 11.3 Å². The number of nitrogens with two attached hydrogens (primary N) is 1. The smallest absolute Gasteiger partial charge is 0.331 e. The number of aromatic amines is 1. The van der Waals surface area contributed by atoms with Crippen LogP contribution in [0, 0.1) is 0 Å². The second-order valence-electron chi connectivity index (χ2n) is 4.36. The van der Waals surface area contributed by atoms with Crippen molar-refractivity contribution in [2.24, 2.45) is 5.73 Å². The fourth-order valence-electron chi connectivity index (χ4n) is 1.79. The molecule has 0 aliphatic heterocycles. The molecule has 21 heavy (non-hydrogen) atoms. The highest BCUT2D eigenvalue weighted by molar-refractivity contribution is 7.99. The highest BCUT2D eigenvalue weighted by atomic mass is 32.2. The quantitative estimate of drug-likeness (QED) is 0.483. The maximum atomic E-state index is 12.1. The number of rotatable bonds is 5. The van der Waals surface area contributed by atoms with Gasteiger partial charge in [0.1, 0.15) is 5.54 Å². The normalized spacial score (nSPS) is 13.4. The van der Waals surface area contributed by atoms with E-state index in [1.807, 2.05) is 6.07 Å². The van der Waals surface area contributed by atoms with Crippen molar-refractivity contribution in [2.45, 2.75) is 10.7 Å². The molecule has 0 spiro atoms. The number of esters is 1. The predicted molar refractivity (Wildman–Crippen MR) is 79.9 cm³/mol. The zero-order valence-electron chi connectivity index (χ0n) is 11.4. The molecule has 2 aromatic rings. The minimum absolute atomic E-state index is 0.191. The topological polar surface area (TPSA) is 98.1 Å². The highest BCUT2D eigenvalue weighted by Crippen LogP contribution is 2.27. The number of methoxy groups -OCH3 is 1. The second-order valence-corrected chi connectivity index (χ2v) is 5.32. The minimum Gasteiger partial charge on any atom is -0.467 e. The van der Waals surface area contributed by atoms with Crippen LogP contribution in [0.3, 0.4) is 0 Å². The fraction of sp³-hybridized carbons (Fsp3) is 0.214. The molecule has 6 nitrogen and oxygen atoms in total. The lowest BCUT2D eigenvalue weighted by Gasteiger charge is -2.26. The molecule has 0 saturated carbocycles. The molecule has 0 radical (unpaired) electrons. The van der Waals surface area contributed by atoms with Crippen molar-refractivity contribution in [3.8, 4) is 0 Å². The molecular formula is C14H15N3O3S. The summed E-state index contributed by atoms with van der Waals surface area (Å²) < 4.78 is 4.81. The van der Waals surface area contributed by atoms with Gasteiger partial charge in [-0.2, -0.15) is 0 Å². The van der Waals surface area contributed by atoms with Crippen molar-refractivity contribution in [3.05, 3.63) is 58.5 Å². The van der Waals surface area contributed by atoms with E-state index in [9.17, 15) is 9.59 Å². The summed E-state index contributed by atoms with van der Waals surface area (Å²) in [6.07, 6.45) is 1.40. The average molecular weight is 305 g/mol. The molecule has 7 heteroatoms. The summed E-state index contributed by atoms with van der Waals surface area (Å²) in [4.78, 5) is 29.9. The van der Waals surface area contributed by atoms with E-state index in [4.69, 9.17) is 10.5 Å². The summed E-state index contributed by atoms with van der Waals surface area (Å²) in [5.74, 6) is -0.351. The van der Waals surface area contributed by atoms with E-state index in [0.29, 0.717) is 10.7 Å². The second kappa shape index (κ2) is 6.55. The molecule has 1 unspecified atom stereocenters. The summed E-state index contributed by atoms with van der Waals surface area (Å²) in [6.45, 7) is 0. The van der Waals surface area contributed by atoms with E-state index in [0.717, 1.165) is 0 Å². The number of H-pyrrole nitrogens is 1. The first-order valence-corrected chi connectivity index (χ1v) is 7.16. The number of nitrogens with zero attached hydrogens (tertiary/aromatic N) is 1. The van der Waals surface area contributed by atoms with Crippen molar-refractivity contribution in [3.63, 3.8) is 0 Å². The fourth-order valence-corrected chi connectivity index (χ4v) is 2.74. The number of aromatic nitrogens is 2. The molecule has 1 aromatic carbocycles. The summed E-state index contributed by atoms with van der Waals surface area (Å²) in [7, 11) is 1.29. The first kappa shape index (κ1) is 15.3. The molecule has 1 atom stereocenters. The van der Waals surface area contributed by atoms with Gasteiger partial charge >= 0.3 is 5.97 Å². The molecule has 0 fully saturated rings. The number of hydrogen-bond acceptors (Lipinski definition) is 6. The van der Waals surface area contributed by atoms with Gasteiger partial charge in [-0.05, 0) is 5.56 Å². The van der Waals surface area contributed by atoms with Gasteiger partial charge in [-0.25, -0.2) is 9.78 Å². The van der Waals surface area contributed by atoms with Gasteiger partial charge in [0.05, 0.1) is 7.11 Å². The Labute approximate surface area is 125 Å². The standard InChI is InChI=1S/C14H15N3O3S/c1-20-12(19)14(15,10-5-3-2-4-6-10)9-21-13-16-8-7-11(18)17-13/h2-8H,9,15H2,1H3,(H,16,17,18). The zero-order valence-corrected chi connectivity index (χ0v) is 12.2. The highest BCUT2D eigenvalue weighted by Gasteiger charge is 2.37. The van der Waals surface area contributed by atoms with E-state index in [-0.39, 0.29) is 11.3 Å². The Morgan fingerprint density at radius 1 is 1.38 bits per heavy atom. The molecule has 1 heterocycles. The predicted octanol–water partition coefficient (Wildman–Crippen LogP) is 0.889. The lowest BCUT2D eigenvalue weighted by atomic mass is 9.93. The van der Waals surface area contributed by atoms with Crippen LogP contribution in [0.15, 0.2) is 52.5 Å². The summed E-state index contributed by atoms with van der Waals surface area (Å²) in [5, 5.41) is 0.400. The Bertz CT molecular complexity index is 674. The van der Waals surface area contributed by atoms with E-state index < -0.39 is 11.5 Å². The van der Waals surface area contributed by atoms with E-state index in [2.05, 4.69) is 9.97 Å². The summed E-state index contributed by atoms with van der Waals surface area (Å²) >= 11 is 1.19. The lowest BCUT2D eigenvalue weighted by molar-refractivity contribution is -0.146. The number of thioether (sulfide) groups is 1.